The molecule has 1 N–H and O–H groups in total. The van der Waals surface area contributed by atoms with Gasteiger partial charge in [0.05, 0.1) is 6.10 Å². The van der Waals surface area contributed by atoms with Gasteiger partial charge in [-0.1, -0.05) is 20.8 Å². The summed E-state index contributed by atoms with van der Waals surface area (Å²) in [6.45, 7) is 12.8. The Kier molecular flexibility index (Phi) is 6.28. The molecule has 1 fully saturated rings. The van der Waals surface area contributed by atoms with Gasteiger partial charge >= 0.3 is 11.7 Å². The molecule has 29 heavy (non-hydrogen) atoms. The number of aryl methyl sites for hydroxylation is 1. The van der Waals surface area contributed by atoms with E-state index in [1.54, 1.807) is 6.92 Å². The Morgan fingerprint density at radius 2 is 2.07 bits per heavy atom. The molecule has 1 aromatic rings. The number of hydrogen-bond acceptors (Lipinski definition) is 7. The van der Waals surface area contributed by atoms with Crippen LogP contribution >= 0.6 is 0 Å². The molecule has 2 heterocycles. The fourth-order valence-electron chi connectivity index (χ4n) is 2.85. The molecule has 1 aliphatic rings. The minimum atomic E-state index is -2.31. The van der Waals surface area contributed by atoms with E-state index in [-0.39, 0.29) is 18.1 Å². The zero-order valence-corrected chi connectivity index (χ0v) is 19.0. The van der Waals surface area contributed by atoms with Crippen LogP contribution in [0.5, 0.6) is 0 Å². The molecule has 0 amide bonds. The third kappa shape index (κ3) is 4.68. The first kappa shape index (κ1) is 23.1. The Hall–Kier alpha value is -2.22. The number of nitriles is 1. The minimum Gasteiger partial charge on any atom is -0.462 e. The zero-order chi connectivity index (χ0) is 22.2. The van der Waals surface area contributed by atoms with Gasteiger partial charge in [-0.25, -0.2) is 4.79 Å². The number of aromatic nitrogens is 2. The molecular formula is C19H29N3O6Si. The lowest BCUT2D eigenvalue weighted by Gasteiger charge is -2.40. The summed E-state index contributed by atoms with van der Waals surface area (Å²) < 4.78 is 18.8. The van der Waals surface area contributed by atoms with Crippen LogP contribution in [0.15, 0.2) is 15.8 Å². The Morgan fingerprint density at radius 1 is 1.45 bits per heavy atom. The molecule has 10 heteroatoms. The van der Waals surface area contributed by atoms with E-state index in [0.29, 0.717) is 5.56 Å². The summed E-state index contributed by atoms with van der Waals surface area (Å²) in [7, 11) is -2.31. The second-order valence-electron chi connectivity index (χ2n) is 8.94. The third-order valence-electron chi connectivity index (χ3n) is 5.66. The van der Waals surface area contributed by atoms with E-state index in [0.717, 1.165) is 0 Å². The highest BCUT2D eigenvalue weighted by molar-refractivity contribution is 6.74. The van der Waals surface area contributed by atoms with Crippen LogP contribution in [0.4, 0.5) is 0 Å². The molecule has 0 unspecified atom stereocenters. The summed E-state index contributed by atoms with van der Waals surface area (Å²) in [5.41, 5.74) is -2.35. The normalized spacial score (nSPS) is 24.9. The van der Waals surface area contributed by atoms with E-state index in [1.807, 2.05) is 13.1 Å². The summed E-state index contributed by atoms with van der Waals surface area (Å²) in [4.78, 5) is 37.6. The molecule has 0 spiro atoms. The van der Waals surface area contributed by atoms with Crippen molar-refractivity contribution < 1.29 is 18.7 Å². The van der Waals surface area contributed by atoms with Crippen LogP contribution in [-0.4, -0.2) is 42.1 Å². The molecule has 1 aliphatic heterocycles. The number of nitrogens with one attached hydrogen (secondary N) is 1. The number of H-pyrrole nitrogens is 1. The van der Waals surface area contributed by atoms with Gasteiger partial charge in [-0.05, 0) is 25.1 Å². The molecule has 0 aromatic carbocycles. The van der Waals surface area contributed by atoms with E-state index in [4.69, 9.17) is 13.9 Å². The van der Waals surface area contributed by atoms with Crippen LogP contribution < -0.4 is 11.2 Å². The van der Waals surface area contributed by atoms with Crippen LogP contribution in [-0.2, 0) is 18.7 Å². The van der Waals surface area contributed by atoms with Crippen LogP contribution in [0.3, 0.4) is 0 Å². The number of rotatable bonds is 5. The molecule has 0 radical (unpaired) electrons. The molecule has 3 atom stereocenters. The predicted molar refractivity (Wildman–Crippen MR) is 108 cm³/mol. The van der Waals surface area contributed by atoms with Gasteiger partial charge in [0, 0.05) is 25.1 Å². The topological polar surface area (TPSA) is 123 Å². The van der Waals surface area contributed by atoms with Gasteiger partial charge in [0.25, 0.3) is 5.56 Å². The van der Waals surface area contributed by atoms with Gasteiger partial charge in [-0.2, -0.15) is 5.26 Å². The van der Waals surface area contributed by atoms with Crippen LogP contribution in [0.2, 0.25) is 18.1 Å². The van der Waals surface area contributed by atoms with E-state index >= 15 is 0 Å². The van der Waals surface area contributed by atoms with Crippen molar-refractivity contribution in [1.29, 1.82) is 5.26 Å². The number of carbonyl (C=O) groups is 1. The highest BCUT2D eigenvalue weighted by Gasteiger charge is 2.55. The van der Waals surface area contributed by atoms with E-state index in [9.17, 15) is 19.6 Å². The molecule has 0 aliphatic carbocycles. The predicted octanol–water partition coefficient (Wildman–Crippen LogP) is 1.98. The molecule has 2 rings (SSSR count). The maximum Gasteiger partial charge on any atom is 0.330 e. The van der Waals surface area contributed by atoms with Crippen molar-refractivity contribution in [2.24, 2.45) is 0 Å². The van der Waals surface area contributed by atoms with Gasteiger partial charge in [0.1, 0.15) is 18.9 Å². The largest absolute Gasteiger partial charge is 0.462 e. The van der Waals surface area contributed by atoms with Crippen molar-refractivity contribution in [3.63, 3.8) is 0 Å². The SMILES string of the molecule is CC(=O)OC[C@@]1(C#N)O[C@@H](n2cc(C)c(=O)[nH]c2=O)C[C@@H]1O[Si](C)(C)C(C)(C)C. The van der Waals surface area contributed by atoms with Gasteiger partial charge in [-0.3, -0.25) is 19.1 Å². The Morgan fingerprint density at radius 3 is 2.59 bits per heavy atom. The summed E-state index contributed by atoms with van der Waals surface area (Å²) in [5, 5.41) is 9.83. The van der Waals surface area contributed by atoms with Crippen molar-refractivity contribution in [1.82, 2.24) is 9.55 Å². The van der Waals surface area contributed by atoms with Crippen molar-refractivity contribution in [2.75, 3.05) is 6.61 Å². The molecule has 9 nitrogen and oxygen atoms in total. The number of aromatic amines is 1. The van der Waals surface area contributed by atoms with Gasteiger partial charge in [0.2, 0.25) is 5.60 Å². The van der Waals surface area contributed by atoms with Gasteiger partial charge < -0.3 is 13.9 Å². The maximum absolute atomic E-state index is 12.3. The summed E-state index contributed by atoms with van der Waals surface area (Å²) in [6.07, 6.45) is 0.0428. The van der Waals surface area contributed by atoms with E-state index in [2.05, 4.69) is 31.8 Å². The third-order valence-corrected chi connectivity index (χ3v) is 10.1. The first-order chi connectivity index (χ1) is 13.2. The first-order valence-corrected chi connectivity index (χ1v) is 12.4. The van der Waals surface area contributed by atoms with Gasteiger partial charge in [0.15, 0.2) is 8.32 Å². The van der Waals surface area contributed by atoms with Crippen molar-refractivity contribution in [3.05, 3.63) is 32.6 Å². The smallest absolute Gasteiger partial charge is 0.330 e. The van der Waals surface area contributed by atoms with Crippen LogP contribution in [0.25, 0.3) is 0 Å². The molecule has 0 saturated carbocycles. The molecular weight excluding hydrogens is 394 g/mol. The lowest BCUT2D eigenvalue weighted by Crippen LogP contribution is -2.52. The van der Waals surface area contributed by atoms with Crippen molar-refractivity contribution in [3.8, 4) is 6.07 Å². The Labute approximate surface area is 170 Å². The van der Waals surface area contributed by atoms with Crippen molar-refractivity contribution in [2.45, 2.75) is 77.1 Å². The number of esters is 1. The number of carbonyl (C=O) groups excluding carboxylic acids is 1. The summed E-state index contributed by atoms with van der Waals surface area (Å²) in [5.74, 6) is -0.546. The molecule has 160 valence electrons. The van der Waals surface area contributed by atoms with Crippen molar-refractivity contribution >= 4 is 14.3 Å². The van der Waals surface area contributed by atoms with Crippen LogP contribution in [0.1, 0.15) is 45.9 Å². The number of hydrogen-bond donors (Lipinski definition) is 1. The average Bonchev–Trinajstić information content (AvgIpc) is 2.93. The van der Waals surface area contributed by atoms with Gasteiger partial charge in [-0.15, -0.1) is 0 Å². The maximum atomic E-state index is 12.3. The zero-order valence-electron chi connectivity index (χ0n) is 18.0. The number of ether oxygens (including phenoxy) is 2. The highest BCUT2D eigenvalue weighted by atomic mass is 28.4. The molecule has 1 saturated heterocycles. The Bertz CT molecular complexity index is 939. The monoisotopic (exact) mass is 423 g/mol. The van der Waals surface area contributed by atoms with E-state index < -0.39 is 43.5 Å². The second kappa shape index (κ2) is 7.89. The summed E-state index contributed by atoms with van der Waals surface area (Å²) >= 11 is 0. The van der Waals surface area contributed by atoms with Crippen LogP contribution in [0, 0.1) is 18.3 Å². The fraction of sp³-hybridized carbons (Fsp3) is 0.684. The summed E-state index contributed by atoms with van der Waals surface area (Å²) in [6, 6.07) is 2.11. The van der Waals surface area contributed by atoms with E-state index in [1.165, 1.54) is 17.7 Å². The first-order valence-electron chi connectivity index (χ1n) is 9.45. The Balaban J connectivity index is 2.47. The standard InChI is InChI=1S/C19H29N3O6Si/c1-12-9-22(17(25)21-16(12)24)15-8-14(28-29(6,7)18(3,4)5)19(10-20,27-15)11-26-13(2)23/h9,14-15H,8,11H2,1-7H3,(H,21,24,25)/t14-,15+,19+/m0/s1. The molecule has 1 aromatic heterocycles. The molecule has 0 bridgehead atoms. The lowest BCUT2D eigenvalue weighted by molar-refractivity contribution is -0.153. The second-order valence-corrected chi connectivity index (χ2v) is 13.7. The minimum absolute atomic E-state index is 0.126. The number of nitrogens with zero attached hydrogens (tertiary/aromatic N) is 2. The fourth-order valence-corrected chi connectivity index (χ4v) is 4.20. The quantitative estimate of drug-likeness (QED) is 0.567. The average molecular weight is 424 g/mol. The lowest BCUT2D eigenvalue weighted by atomic mass is 10.00. The highest BCUT2D eigenvalue weighted by Crippen LogP contribution is 2.44.